The van der Waals surface area contributed by atoms with Crippen molar-refractivity contribution in [3.05, 3.63) is 24.8 Å². The molecule has 2 heteroatoms. The van der Waals surface area contributed by atoms with Gasteiger partial charge < -0.3 is 5.11 Å². The van der Waals surface area contributed by atoms with Gasteiger partial charge in [-0.25, -0.2) is 0 Å². The number of rotatable bonds is 1. The third-order valence-electron chi connectivity index (χ3n) is 7.18. The normalized spacial score (nSPS) is 53.0. The summed E-state index contributed by atoms with van der Waals surface area (Å²) in [5, 5.41) is 11.5. The molecule has 0 radical (unpaired) electrons. The van der Waals surface area contributed by atoms with Gasteiger partial charge in [-0.3, -0.25) is 4.79 Å². The molecule has 0 heterocycles. The van der Waals surface area contributed by atoms with Gasteiger partial charge in [0.15, 0.2) is 5.78 Å². The lowest BCUT2D eigenvalue weighted by Gasteiger charge is -2.62. The number of hydrogen-bond donors (Lipinski definition) is 1. The van der Waals surface area contributed by atoms with Crippen molar-refractivity contribution in [2.45, 2.75) is 58.5 Å². The first-order chi connectivity index (χ1) is 9.76. The van der Waals surface area contributed by atoms with Crippen LogP contribution in [0.4, 0.5) is 0 Å². The average Bonchev–Trinajstić information content (AvgIpc) is 2.46. The lowest BCUT2D eigenvalue weighted by atomic mass is 9.45. The molecule has 0 unspecified atom stereocenters. The fourth-order valence-electron chi connectivity index (χ4n) is 5.30. The maximum absolute atomic E-state index is 12.0. The Labute approximate surface area is 128 Å². The molecule has 0 aromatic heterocycles. The van der Waals surface area contributed by atoms with Gasteiger partial charge in [-0.2, -0.15) is 0 Å². The number of aliphatic hydroxyl groups is 1. The van der Waals surface area contributed by atoms with Gasteiger partial charge in [-0.05, 0) is 55.6 Å². The van der Waals surface area contributed by atoms with E-state index < -0.39 is 5.60 Å². The molecule has 2 nitrogen and oxygen atoms in total. The highest BCUT2D eigenvalue weighted by Gasteiger charge is 2.61. The van der Waals surface area contributed by atoms with E-state index in [0.717, 1.165) is 32.1 Å². The highest BCUT2D eigenvalue weighted by molar-refractivity contribution is 5.93. The maximum atomic E-state index is 12.0. The molecule has 6 atom stereocenters. The van der Waals surface area contributed by atoms with E-state index in [0.29, 0.717) is 5.92 Å². The third kappa shape index (κ3) is 1.91. The Morgan fingerprint density at radius 2 is 2.05 bits per heavy atom. The Morgan fingerprint density at radius 1 is 1.33 bits per heavy atom. The summed E-state index contributed by atoms with van der Waals surface area (Å²) in [7, 11) is 0. The second-order valence-corrected chi connectivity index (χ2v) is 8.21. The van der Waals surface area contributed by atoms with Crippen LogP contribution in [-0.2, 0) is 4.79 Å². The SMILES string of the molecule is C=C[C@]1(C)CC[C@]2(C)[C@H](CC[C@H]3[C@H](C)C(=O)C=C[C@@]32O)C1. The zero-order valence-electron chi connectivity index (χ0n) is 13.6. The molecular weight excluding hydrogens is 260 g/mol. The lowest BCUT2D eigenvalue weighted by molar-refractivity contribution is -0.182. The van der Waals surface area contributed by atoms with Crippen LogP contribution in [0.3, 0.4) is 0 Å². The summed E-state index contributed by atoms with van der Waals surface area (Å²) in [5.41, 5.74) is -0.719. The maximum Gasteiger partial charge on any atom is 0.158 e. The van der Waals surface area contributed by atoms with Gasteiger partial charge in [0.05, 0.1) is 5.60 Å². The molecule has 2 fully saturated rings. The van der Waals surface area contributed by atoms with Crippen LogP contribution in [-0.4, -0.2) is 16.5 Å². The molecule has 0 aromatic rings. The Morgan fingerprint density at radius 3 is 2.71 bits per heavy atom. The fraction of sp³-hybridized carbons (Fsp3) is 0.737. The molecule has 21 heavy (non-hydrogen) atoms. The molecule has 116 valence electrons. The van der Waals surface area contributed by atoms with Crippen molar-refractivity contribution in [2.24, 2.45) is 28.6 Å². The average molecular weight is 288 g/mol. The van der Waals surface area contributed by atoms with Gasteiger partial charge in [-0.15, -0.1) is 6.58 Å². The number of carbonyl (C=O) groups excluding carboxylic acids is 1. The van der Waals surface area contributed by atoms with Gasteiger partial charge in [0.2, 0.25) is 0 Å². The van der Waals surface area contributed by atoms with Crippen LogP contribution in [0.15, 0.2) is 24.8 Å². The van der Waals surface area contributed by atoms with E-state index in [-0.39, 0.29) is 28.4 Å². The smallest absolute Gasteiger partial charge is 0.158 e. The van der Waals surface area contributed by atoms with E-state index in [9.17, 15) is 9.90 Å². The van der Waals surface area contributed by atoms with E-state index in [2.05, 4.69) is 26.5 Å². The van der Waals surface area contributed by atoms with Gasteiger partial charge in [-0.1, -0.05) is 26.8 Å². The third-order valence-corrected chi connectivity index (χ3v) is 7.18. The molecule has 3 aliphatic carbocycles. The molecule has 0 spiro atoms. The molecular formula is C19H28O2. The largest absolute Gasteiger partial charge is 0.385 e. The van der Waals surface area contributed by atoms with Crippen LogP contribution in [0.1, 0.15) is 52.9 Å². The van der Waals surface area contributed by atoms with E-state index >= 15 is 0 Å². The van der Waals surface area contributed by atoms with Gasteiger partial charge in [0, 0.05) is 17.3 Å². The molecule has 3 rings (SSSR count). The molecule has 0 saturated heterocycles. The Bertz CT molecular complexity index is 508. The van der Waals surface area contributed by atoms with Gasteiger partial charge in [0.25, 0.3) is 0 Å². The summed E-state index contributed by atoms with van der Waals surface area (Å²) in [6.07, 6.45) is 10.9. The molecule has 0 aliphatic heterocycles. The highest BCUT2D eigenvalue weighted by Crippen LogP contribution is 2.63. The Kier molecular flexibility index (Phi) is 3.26. The van der Waals surface area contributed by atoms with E-state index in [1.54, 1.807) is 6.08 Å². The van der Waals surface area contributed by atoms with E-state index in [1.807, 2.05) is 13.0 Å². The number of carbonyl (C=O) groups is 1. The van der Waals surface area contributed by atoms with Crippen molar-refractivity contribution in [1.29, 1.82) is 0 Å². The van der Waals surface area contributed by atoms with Crippen LogP contribution in [0.2, 0.25) is 0 Å². The van der Waals surface area contributed by atoms with Crippen molar-refractivity contribution in [1.82, 2.24) is 0 Å². The van der Waals surface area contributed by atoms with E-state index in [1.165, 1.54) is 0 Å². The van der Waals surface area contributed by atoms with Crippen molar-refractivity contribution in [2.75, 3.05) is 0 Å². The molecule has 3 aliphatic rings. The summed E-state index contributed by atoms with van der Waals surface area (Å²) in [6.45, 7) is 10.5. The van der Waals surface area contributed by atoms with Crippen LogP contribution in [0.5, 0.6) is 0 Å². The zero-order valence-corrected chi connectivity index (χ0v) is 13.6. The number of allylic oxidation sites excluding steroid dienone is 2. The van der Waals surface area contributed by atoms with Crippen LogP contribution < -0.4 is 0 Å². The Balaban J connectivity index is 2.00. The summed E-state index contributed by atoms with van der Waals surface area (Å²) >= 11 is 0. The summed E-state index contributed by atoms with van der Waals surface area (Å²) in [4.78, 5) is 12.0. The lowest BCUT2D eigenvalue weighted by Crippen LogP contribution is -2.63. The standard InChI is InChI=1S/C19H28O2/c1-5-17(3)10-11-18(4)14(12-17)6-7-15-13(2)16(20)8-9-19(15,18)21/h5,8-9,13-15,21H,1,6-7,10-12H2,2-4H3/t13-,14+,15-,17+,18+,19+/m0/s1. The number of ketones is 1. The first kappa shape index (κ1) is 15.0. The molecule has 0 bridgehead atoms. The molecule has 2 saturated carbocycles. The first-order valence-corrected chi connectivity index (χ1v) is 8.35. The highest BCUT2D eigenvalue weighted by atomic mass is 16.3. The topological polar surface area (TPSA) is 37.3 Å². The first-order valence-electron chi connectivity index (χ1n) is 8.35. The minimum Gasteiger partial charge on any atom is -0.385 e. The second-order valence-electron chi connectivity index (χ2n) is 8.21. The number of fused-ring (bicyclic) bond motifs is 3. The van der Waals surface area contributed by atoms with Crippen LogP contribution in [0, 0.1) is 28.6 Å². The van der Waals surface area contributed by atoms with Gasteiger partial charge >= 0.3 is 0 Å². The van der Waals surface area contributed by atoms with Crippen molar-refractivity contribution in [3.8, 4) is 0 Å². The van der Waals surface area contributed by atoms with Crippen molar-refractivity contribution < 1.29 is 9.90 Å². The second kappa shape index (κ2) is 4.55. The van der Waals surface area contributed by atoms with E-state index in [4.69, 9.17) is 0 Å². The molecule has 0 amide bonds. The van der Waals surface area contributed by atoms with Crippen molar-refractivity contribution in [3.63, 3.8) is 0 Å². The number of hydrogen-bond acceptors (Lipinski definition) is 2. The monoisotopic (exact) mass is 288 g/mol. The minimum atomic E-state index is -0.814. The Hall–Kier alpha value is -0.890. The summed E-state index contributed by atoms with van der Waals surface area (Å²) in [6, 6.07) is 0. The predicted octanol–water partition coefficient (Wildman–Crippen LogP) is 3.90. The summed E-state index contributed by atoms with van der Waals surface area (Å²) < 4.78 is 0. The fourth-order valence-corrected chi connectivity index (χ4v) is 5.30. The zero-order chi connectivity index (χ0) is 15.5. The molecule has 0 aromatic carbocycles. The van der Waals surface area contributed by atoms with Crippen LogP contribution >= 0.6 is 0 Å². The quantitative estimate of drug-likeness (QED) is 0.743. The summed E-state index contributed by atoms with van der Waals surface area (Å²) in [5.74, 6) is 0.730. The minimum absolute atomic E-state index is 0.0505. The molecule has 1 N–H and O–H groups in total. The predicted molar refractivity (Wildman–Crippen MR) is 84.7 cm³/mol. The van der Waals surface area contributed by atoms with Crippen molar-refractivity contribution >= 4 is 5.78 Å². The van der Waals surface area contributed by atoms with Crippen LogP contribution in [0.25, 0.3) is 0 Å². The van der Waals surface area contributed by atoms with Gasteiger partial charge in [0.1, 0.15) is 0 Å².